The molecular formula is C47H81N5O3. The summed E-state index contributed by atoms with van der Waals surface area (Å²) in [5.74, 6) is 2.66. The van der Waals surface area contributed by atoms with E-state index in [2.05, 4.69) is 77.8 Å². The van der Waals surface area contributed by atoms with E-state index in [1.165, 1.54) is 37.3 Å². The average molecular weight is 764 g/mol. The van der Waals surface area contributed by atoms with Gasteiger partial charge in [0.2, 0.25) is 11.8 Å². The molecule has 1 aliphatic heterocycles. The van der Waals surface area contributed by atoms with E-state index in [0.29, 0.717) is 12.8 Å². The number of nitrogens with zero attached hydrogens (tertiary/aromatic N) is 3. The van der Waals surface area contributed by atoms with Gasteiger partial charge >= 0.3 is 0 Å². The topological polar surface area (TPSA) is 101 Å². The van der Waals surface area contributed by atoms with Gasteiger partial charge in [-0.25, -0.2) is 0 Å². The van der Waals surface area contributed by atoms with E-state index < -0.39 is 0 Å². The molecule has 3 N–H and O–H groups in total. The summed E-state index contributed by atoms with van der Waals surface area (Å²) < 4.78 is 5.64. The first-order chi connectivity index (χ1) is 26.1. The fraction of sp³-hybridized carbons (Fsp3) is 0.596. The molecule has 312 valence electrons. The maximum absolute atomic E-state index is 11.8. The number of piperazine rings is 1. The van der Waals surface area contributed by atoms with Crippen molar-refractivity contribution < 1.29 is 14.3 Å². The molecule has 0 bridgehead atoms. The third kappa shape index (κ3) is 34.5. The van der Waals surface area contributed by atoms with Gasteiger partial charge in [-0.05, 0) is 96.3 Å². The first-order valence-corrected chi connectivity index (χ1v) is 20.2. The summed E-state index contributed by atoms with van der Waals surface area (Å²) in [6, 6.07) is 4.09. The molecule has 0 aromatic carbocycles. The lowest BCUT2D eigenvalue weighted by molar-refractivity contribution is -0.123. The van der Waals surface area contributed by atoms with Crippen LogP contribution >= 0.6 is 0 Å². The molecule has 1 saturated heterocycles. The van der Waals surface area contributed by atoms with Gasteiger partial charge in [-0.1, -0.05) is 102 Å². The van der Waals surface area contributed by atoms with Crippen LogP contribution in [0.2, 0.25) is 0 Å². The van der Waals surface area contributed by atoms with Crippen LogP contribution in [0.1, 0.15) is 120 Å². The van der Waals surface area contributed by atoms with Gasteiger partial charge in [-0.3, -0.25) is 24.4 Å². The van der Waals surface area contributed by atoms with Gasteiger partial charge in [0.25, 0.3) is 0 Å². The van der Waals surface area contributed by atoms with Crippen LogP contribution in [0, 0.1) is 24.2 Å². The maximum Gasteiger partial charge on any atom is 0.220 e. The molecule has 3 rings (SSSR count). The lowest BCUT2D eigenvalue weighted by Gasteiger charge is -2.36. The fourth-order valence-corrected chi connectivity index (χ4v) is 5.47. The van der Waals surface area contributed by atoms with Crippen molar-refractivity contribution in [2.24, 2.45) is 17.6 Å². The number of hydrogen-bond acceptors (Lipinski definition) is 6. The number of amides is 2. The molecule has 3 unspecified atom stereocenters. The van der Waals surface area contributed by atoms with Gasteiger partial charge in [-0.2, -0.15) is 0 Å². The van der Waals surface area contributed by atoms with Crippen molar-refractivity contribution in [2.75, 3.05) is 39.8 Å². The summed E-state index contributed by atoms with van der Waals surface area (Å²) in [5, 5.41) is 2.74. The second-order valence-electron chi connectivity index (χ2n) is 14.5. The van der Waals surface area contributed by atoms with Gasteiger partial charge in [0.15, 0.2) is 0 Å². The van der Waals surface area contributed by atoms with E-state index in [1.54, 1.807) is 25.5 Å². The molecule has 8 heteroatoms. The molecular weight excluding hydrogens is 683 g/mol. The molecule has 3 atom stereocenters. The zero-order valence-electron chi connectivity index (χ0n) is 37.0. The Bertz CT molecular complexity index is 1250. The quantitative estimate of drug-likeness (QED) is 0.118. The van der Waals surface area contributed by atoms with Crippen LogP contribution < -0.4 is 11.1 Å². The second-order valence-corrected chi connectivity index (χ2v) is 14.5. The molecule has 0 spiro atoms. The standard InChI is InChI=1S/C21H32N4O2.C7H12.C6H13NO.C6H8.C5H10.C2H6/c1-4-17(2)12-19(21(22)26)13-20(27-3)16-25-10-8-24(9-11-25)15-18-6-5-7-23-14-18;1-6-4-3-5-7(6)2;1-5(8)7-6(2,3)4;1-3-5-6-4-2;1-3-5-4-2;1-2/h4-7,14,19-20H,1-2,8-13,15-16H2,3H3,(H2,22,26);7H,1,3-5H2,2H3;1-4H3,(H,7,8);1,5-6H,4H2,2H3;3,5H,4H2,1-2H3;1-2H3/b;;;6-5-;5-3-;. The summed E-state index contributed by atoms with van der Waals surface area (Å²) in [4.78, 5) is 31.1. The number of methoxy groups -OCH3 is 1. The first-order valence-electron chi connectivity index (χ1n) is 20.2. The van der Waals surface area contributed by atoms with Crippen LogP contribution in [0.3, 0.4) is 0 Å². The molecule has 0 radical (unpaired) electrons. The Morgan fingerprint density at radius 2 is 1.75 bits per heavy atom. The van der Waals surface area contributed by atoms with E-state index in [4.69, 9.17) is 16.9 Å². The number of carbonyl (C=O) groups excluding carboxylic acids is 2. The molecule has 2 fully saturated rings. The minimum absolute atomic E-state index is 0.0232. The third-order valence-electron chi connectivity index (χ3n) is 8.44. The highest BCUT2D eigenvalue weighted by atomic mass is 16.5. The van der Waals surface area contributed by atoms with Crippen LogP contribution in [-0.4, -0.2) is 78.1 Å². The minimum Gasteiger partial charge on any atom is -0.380 e. The van der Waals surface area contributed by atoms with Crippen LogP contribution in [0.15, 0.2) is 85.8 Å². The number of primary amides is 1. The van der Waals surface area contributed by atoms with Crippen molar-refractivity contribution in [3.05, 3.63) is 91.4 Å². The summed E-state index contributed by atoms with van der Waals surface area (Å²) in [7, 11) is 1.70. The van der Waals surface area contributed by atoms with Gasteiger partial charge < -0.3 is 15.8 Å². The Kier molecular flexibility index (Phi) is 36.3. The molecule has 2 heterocycles. The van der Waals surface area contributed by atoms with Gasteiger partial charge in [-0.15, -0.1) is 6.42 Å². The van der Waals surface area contributed by atoms with E-state index in [0.717, 1.165) is 63.6 Å². The molecule has 2 amide bonds. The smallest absolute Gasteiger partial charge is 0.220 e. The van der Waals surface area contributed by atoms with Crippen molar-refractivity contribution in [2.45, 2.75) is 132 Å². The van der Waals surface area contributed by atoms with E-state index in [9.17, 15) is 9.59 Å². The van der Waals surface area contributed by atoms with Gasteiger partial charge in [0.05, 0.1) is 6.10 Å². The number of nitrogens with one attached hydrogen (secondary N) is 1. The second kappa shape index (κ2) is 35.9. The van der Waals surface area contributed by atoms with Crippen molar-refractivity contribution in [3.63, 3.8) is 0 Å². The highest BCUT2D eigenvalue weighted by molar-refractivity contribution is 5.77. The predicted molar refractivity (Wildman–Crippen MR) is 238 cm³/mol. The Hall–Kier alpha value is -3.77. The van der Waals surface area contributed by atoms with Crippen LogP contribution in [0.4, 0.5) is 0 Å². The number of ether oxygens (including phenoxy) is 1. The van der Waals surface area contributed by atoms with Crippen molar-refractivity contribution in [1.82, 2.24) is 20.1 Å². The Labute approximate surface area is 338 Å². The Balaban J connectivity index is -0.000000778. The van der Waals surface area contributed by atoms with Crippen molar-refractivity contribution in [1.29, 1.82) is 0 Å². The highest BCUT2D eigenvalue weighted by Gasteiger charge is 2.25. The van der Waals surface area contributed by atoms with Crippen LogP contribution in [-0.2, 0) is 20.9 Å². The Morgan fingerprint density at radius 1 is 1.15 bits per heavy atom. The fourth-order valence-electron chi connectivity index (χ4n) is 5.47. The monoisotopic (exact) mass is 764 g/mol. The van der Waals surface area contributed by atoms with Gasteiger partial charge in [0, 0.05) is 77.2 Å². The van der Waals surface area contributed by atoms with Crippen LogP contribution in [0.25, 0.3) is 0 Å². The first kappa shape index (κ1) is 55.6. The maximum atomic E-state index is 11.8. The third-order valence-corrected chi connectivity index (χ3v) is 8.44. The largest absolute Gasteiger partial charge is 0.380 e. The van der Waals surface area contributed by atoms with Crippen molar-refractivity contribution >= 4 is 11.8 Å². The average Bonchev–Trinajstić information content (AvgIpc) is 3.53. The minimum atomic E-state index is -0.304. The van der Waals surface area contributed by atoms with Crippen LogP contribution in [0.5, 0.6) is 0 Å². The zero-order chi connectivity index (χ0) is 42.7. The summed E-state index contributed by atoms with van der Waals surface area (Å²) in [6.07, 6.45) is 25.5. The SMILES string of the molecule is C#C/C=C\CC.C/C=C\CC.C=C1CCCC1C.C=CC(=C)CC(CC(CN1CCN(Cc2cccnc2)CC1)OC)C(N)=O.CC.CC(=O)NC(C)(C)C. The zero-order valence-corrected chi connectivity index (χ0v) is 37.0. The Morgan fingerprint density at radius 3 is 2.05 bits per heavy atom. The number of aromatic nitrogens is 1. The number of hydrogen-bond donors (Lipinski definition) is 2. The number of carbonyl (C=O) groups is 2. The van der Waals surface area contributed by atoms with Gasteiger partial charge in [0.1, 0.15) is 0 Å². The molecule has 2 aliphatic rings. The van der Waals surface area contributed by atoms with E-state index in [-0.39, 0.29) is 29.4 Å². The molecule has 1 aromatic heterocycles. The predicted octanol–water partition coefficient (Wildman–Crippen LogP) is 9.71. The summed E-state index contributed by atoms with van der Waals surface area (Å²) in [5.41, 5.74) is 9.03. The molecule has 1 saturated carbocycles. The van der Waals surface area contributed by atoms with E-state index >= 15 is 0 Å². The number of nitrogens with two attached hydrogens (primary N) is 1. The molecule has 8 nitrogen and oxygen atoms in total. The highest BCUT2D eigenvalue weighted by Crippen LogP contribution is 2.28. The normalized spacial score (nSPS) is 16.4. The number of terminal acetylenes is 1. The molecule has 1 aliphatic carbocycles. The van der Waals surface area contributed by atoms with E-state index in [1.807, 2.05) is 66.8 Å². The molecule has 1 aromatic rings. The number of allylic oxidation sites excluding steroid dienone is 7. The lowest BCUT2D eigenvalue weighted by Crippen LogP contribution is -2.48. The lowest BCUT2D eigenvalue weighted by atomic mass is 9.93. The van der Waals surface area contributed by atoms with Crippen molar-refractivity contribution in [3.8, 4) is 12.3 Å². The summed E-state index contributed by atoms with van der Waals surface area (Å²) in [6.45, 7) is 37.1. The number of rotatable bonds is 13. The molecule has 55 heavy (non-hydrogen) atoms. The number of pyridine rings is 1. The summed E-state index contributed by atoms with van der Waals surface area (Å²) >= 11 is 0.